The van der Waals surface area contributed by atoms with E-state index in [-0.39, 0.29) is 32.0 Å². The normalized spacial score (nSPS) is 11.7. The zero-order valence-corrected chi connectivity index (χ0v) is 16.8. The Morgan fingerprint density at radius 3 is 2.45 bits per heavy atom. The van der Waals surface area contributed by atoms with E-state index in [9.17, 15) is 12.8 Å². The molecule has 0 aliphatic rings. The van der Waals surface area contributed by atoms with E-state index < -0.39 is 15.8 Å². The molecule has 0 aliphatic heterocycles. The van der Waals surface area contributed by atoms with Gasteiger partial charge in [-0.2, -0.15) is 9.61 Å². The fraction of sp³-hybridized carbons (Fsp3) is 0. The summed E-state index contributed by atoms with van der Waals surface area (Å²) < 4.78 is 43.5. The summed E-state index contributed by atoms with van der Waals surface area (Å²) >= 11 is 11.7. The number of nitrogen functional groups attached to an aromatic ring is 1. The Morgan fingerprint density at radius 2 is 1.76 bits per heavy atom. The first kappa shape index (κ1) is 19.4. The maximum absolute atomic E-state index is 14.8. The number of rotatable bonds is 4. The molecule has 4 rings (SSSR count). The van der Waals surface area contributed by atoms with Gasteiger partial charge in [0.25, 0.3) is 10.0 Å². The molecule has 0 radical (unpaired) electrons. The van der Waals surface area contributed by atoms with Crippen molar-refractivity contribution in [2.45, 2.75) is 4.90 Å². The van der Waals surface area contributed by atoms with E-state index in [0.717, 1.165) is 6.07 Å². The minimum Gasteiger partial charge on any atom is -0.383 e. The Hall–Kier alpha value is -2.88. The smallest absolute Gasteiger partial charge is 0.261 e. The van der Waals surface area contributed by atoms with E-state index in [0.29, 0.717) is 11.2 Å². The second-order valence-corrected chi connectivity index (χ2v) is 8.62. The molecule has 0 unspecified atom stereocenters. The van der Waals surface area contributed by atoms with Crippen molar-refractivity contribution in [1.29, 1.82) is 0 Å². The van der Waals surface area contributed by atoms with Crippen molar-refractivity contribution >= 4 is 50.4 Å². The summed E-state index contributed by atoms with van der Waals surface area (Å²) in [6.07, 6.45) is 2.96. The van der Waals surface area contributed by atoms with Crippen molar-refractivity contribution in [3.63, 3.8) is 0 Å². The number of halogens is 3. The zero-order chi connectivity index (χ0) is 20.8. The monoisotopic (exact) mass is 451 g/mol. The number of nitrogens with two attached hydrogens (primary N) is 1. The lowest BCUT2D eigenvalue weighted by molar-refractivity contribution is 0.601. The zero-order valence-electron chi connectivity index (χ0n) is 14.5. The van der Waals surface area contributed by atoms with Crippen LogP contribution in [0.25, 0.3) is 16.8 Å². The Bertz CT molecular complexity index is 1340. The van der Waals surface area contributed by atoms with Gasteiger partial charge in [0.1, 0.15) is 11.6 Å². The lowest BCUT2D eigenvalue weighted by atomic mass is 10.1. The lowest BCUT2D eigenvalue weighted by Crippen LogP contribution is -2.13. The maximum atomic E-state index is 14.8. The maximum Gasteiger partial charge on any atom is 0.261 e. The fourth-order valence-corrected chi connectivity index (χ4v) is 4.57. The average Bonchev–Trinajstić information content (AvgIpc) is 3.11. The molecule has 2 aromatic carbocycles. The second kappa shape index (κ2) is 7.18. The highest BCUT2D eigenvalue weighted by atomic mass is 35.5. The van der Waals surface area contributed by atoms with Gasteiger partial charge in [0.15, 0.2) is 5.65 Å². The van der Waals surface area contributed by atoms with Crippen LogP contribution < -0.4 is 10.5 Å². The van der Waals surface area contributed by atoms with Gasteiger partial charge in [0.05, 0.1) is 16.8 Å². The van der Waals surface area contributed by atoms with E-state index in [1.807, 2.05) is 0 Å². The van der Waals surface area contributed by atoms with Gasteiger partial charge in [-0.05, 0) is 36.4 Å². The van der Waals surface area contributed by atoms with Crippen LogP contribution >= 0.6 is 23.2 Å². The predicted molar refractivity (Wildman–Crippen MR) is 110 cm³/mol. The van der Waals surface area contributed by atoms with Crippen LogP contribution in [0, 0.1) is 5.82 Å². The van der Waals surface area contributed by atoms with Crippen molar-refractivity contribution in [1.82, 2.24) is 14.6 Å². The highest BCUT2D eigenvalue weighted by molar-refractivity contribution is 7.92. The summed E-state index contributed by atoms with van der Waals surface area (Å²) in [5.74, 6) is -0.477. The molecule has 2 heterocycles. The Labute approximate surface area is 174 Å². The van der Waals surface area contributed by atoms with Crippen LogP contribution in [0.5, 0.6) is 0 Å². The average molecular weight is 452 g/mol. The molecule has 11 heteroatoms. The number of hydrogen-bond donors (Lipinski definition) is 2. The molecular weight excluding hydrogens is 440 g/mol. The number of fused-ring (bicyclic) bond motifs is 1. The summed E-state index contributed by atoms with van der Waals surface area (Å²) in [7, 11) is -4.02. The molecule has 0 amide bonds. The molecule has 0 saturated carbocycles. The van der Waals surface area contributed by atoms with E-state index >= 15 is 0 Å². The number of nitrogens with zero attached hydrogens (tertiary/aromatic N) is 3. The molecule has 4 aromatic rings. The first-order valence-corrected chi connectivity index (χ1v) is 10.4. The lowest BCUT2D eigenvalue weighted by Gasteiger charge is -2.12. The van der Waals surface area contributed by atoms with Gasteiger partial charge in [-0.3, -0.25) is 4.72 Å². The first-order chi connectivity index (χ1) is 13.7. The number of sulfonamides is 1. The van der Waals surface area contributed by atoms with Gasteiger partial charge in [-0.15, -0.1) is 0 Å². The topological polar surface area (TPSA) is 102 Å². The number of benzene rings is 2. The van der Waals surface area contributed by atoms with Crippen LogP contribution in [0.2, 0.25) is 10.0 Å². The molecular formula is C18H12Cl2FN5O2S. The van der Waals surface area contributed by atoms with Crippen LogP contribution in [-0.2, 0) is 10.0 Å². The molecule has 0 aliphatic carbocycles. The molecule has 0 fully saturated rings. The third-order valence-corrected chi connectivity index (χ3v) is 5.91. The summed E-state index contributed by atoms with van der Waals surface area (Å²) in [6, 6.07) is 9.42. The van der Waals surface area contributed by atoms with Crippen LogP contribution in [0.3, 0.4) is 0 Å². The first-order valence-electron chi connectivity index (χ1n) is 8.12. The quantitative estimate of drug-likeness (QED) is 0.483. The Balaban J connectivity index is 1.69. The molecule has 2 aromatic heterocycles. The number of aromatic nitrogens is 3. The molecule has 0 atom stereocenters. The number of nitrogens with one attached hydrogen (secondary N) is 1. The van der Waals surface area contributed by atoms with Crippen molar-refractivity contribution in [3.05, 3.63) is 70.7 Å². The molecule has 0 bridgehead atoms. The third kappa shape index (κ3) is 3.71. The molecule has 29 heavy (non-hydrogen) atoms. The number of anilines is 2. The highest BCUT2D eigenvalue weighted by Gasteiger charge is 2.18. The third-order valence-electron chi connectivity index (χ3n) is 4.11. The summed E-state index contributed by atoms with van der Waals surface area (Å²) in [5, 5.41) is 4.37. The summed E-state index contributed by atoms with van der Waals surface area (Å²) in [5.41, 5.74) is 7.09. The van der Waals surface area contributed by atoms with Crippen molar-refractivity contribution < 1.29 is 12.8 Å². The van der Waals surface area contributed by atoms with E-state index in [1.165, 1.54) is 47.2 Å². The van der Waals surface area contributed by atoms with Crippen molar-refractivity contribution in [3.8, 4) is 11.1 Å². The van der Waals surface area contributed by atoms with E-state index in [1.54, 1.807) is 6.07 Å². The van der Waals surface area contributed by atoms with Crippen molar-refractivity contribution in [2.24, 2.45) is 0 Å². The second-order valence-electron chi connectivity index (χ2n) is 6.06. The minimum absolute atomic E-state index is 0.0223. The minimum atomic E-state index is -4.02. The predicted octanol–water partition coefficient (Wildman–Crippen LogP) is 4.23. The van der Waals surface area contributed by atoms with E-state index in [4.69, 9.17) is 28.9 Å². The largest absolute Gasteiger partial charge is 0.383 e. The summed E-state index contributed by atoms with van der Waals surface area (Å²) in [4.78, 5) is 4.03. The standard InChI is InChI=1S/C18H12Cl2FN5O2S/c19-10-5-11(20)7-13(6-10)29(27,28)25-12-1-2-14(16(21)8-12)15-9-23-17-3-4-24-26(17)18(15)22/h1-9,25H,22H2. The van der Waals surface area contributed by atoms with E-state index in [2.05, 4.69) is 14.8 Å². The SMILES string of the molecule is Nc1c(-c2ccc(NS(=O)(=O)c3cc(Cl)cc(Cl)c3)cc2F)cnc2ccnn12. The van der Waals surface area contributed by atoms with Gasteiger partial charge in [-0.25, -0.2) is 17.8 Å². The molecule has 148 valence electrons. The van der Waals surface area contributed by atoms with Crippen LogP contribution in [0.15, 0.2) is 59.8 Å². The van der Waals surface area contributed by atoms with Crippen LogP contribution in [0.4, 0.5) is 15.9 Å². The van der Waals surface area contributed by atoms with Gasteiger partial charge in [0.2, 0.25) is 0 Å². The van der Waals surface area contributed by atoms with Gasteiger partial charge in [0, 0.05) is 33.4 Å². The van der Waals surface area contributed by atoms with Crippen LogP contribution in [0.1, 0.15) is 0 Å². The molecule has 7 nitrogen and oxygen atoms in total. The fourth-order valence-electron chi connectivity index (χ4n) is 2.79. The van der Waals surface area contributed by atoms with Gasteiger partial charge in [-0.1, -0.05) is 23.2 Å². The Morgan fingerprint density at radius 1 is 1.03 bits per heavy atom. The van der Waals surface area contributed by atoms with Gasteiger partial charge >= 0.3 is 0 Å². The van der Waals surface area contributed by atoms with Crippen molar-refractivity contribution in [2.75, 3.05) is 10.5 Å². The summed E-state index contributed by atoms with van der Waals surface area (Å²) in [6.45, 7) is 0. The number of hydrogen-bond acceptors (Lipinski definition) is 5. The molecule has 0 saturated heterocycles. The highest BCUT2D eigenvalue weighted by Crippen LogP contribution is 2.30. The van der Waals surface area contributed by atoms with Gasteiger partial charge < -0.3 is 5.73 Å². The Kier molecular flexibility index (Phi) is 4.81. The molecule has 3 N–H and O–H groups in total. The molecule has 0 spiro atoms. The van der Waals surface area contributed by atoms with Crippen LogP contribution in [-0.4, -0.2) is 23.0 Å².